The zero-order chi connectivity index (χ0) is 20.8. The number of thiophene rings is 1. The summed E-state index contributed by atoms with van der Waals surface area (Å²) >= 11 is 1.45. The van der Waals surface area contributed by atoms with Gasteiger partial charge in [-0.15, -0.1) is 0 Å². The van der Waals surface area contributed by atoms with Gasteiger partial charge in [0, 0.05) is 30.9 Å². The van der Waals surface area contributed by atoms with E-state index in [2.05, 4.69) is 15.6 Å². The van der Waals surface area contributed by atoms with Crippen molar-refractivity contribution in [2.45, 2.75) is 13.1 Å². The van der Waals surface area contributed by atoms with Gasteiger partial charge >= 0.3 is 0 Å². The van der Waals surface area contributed by atoms with Gasteiger partial charge in [0.1, 0.15) is 0 Å². The zero-order valence-electron chi connectivity index (χ0n) is 16.1. The predicted octanol–water partition coefficient (Wildman–Crippen LogP) is 4.18. The third kappa shape index (κ3) is 4.82. The summed E-state index contributed by atoms with van der Waals surface area (Å²) in [4.78, 5) is 29.1. The largest absolute Gasteiger partial charge is 0.348 e. The Labute approximate surface area is 178 Å². The van der Waals surface area contributed by atoms with Crippen LogP contribution in [0, 0.1) is 0 Å². The van der Waals surface area contributed by atoms with Crippen LogP contribution in [0.4, 0.5) is 5.69 Å². The summed E-state index contributed by atoms with van der Waals surface area (Å²) in [6.45, 7) is 1.15. The van der Waals surface area contributed by atoms with E-state index in [-0.39, 0.29) is 11.8 Å². The molecule has 0 atom stereocenters. The minimum absolute atomic E-state index is 0.231. The first-order valence-electron chi connectivity index (χ1n) is 9.43. The van der Waals surface area contributed by atoms with E-state index in [1.807, 2.05) is 40.4 Å². The number of carbonyl (C=O) groups excluding carboxylic acids is 2. The normalized spacial score (nSPS) is 10.5. The summed E-state index contributed by atoms with van der Waals surface area (Å²) in [5.41, 5.74) is 3.65. The van der Waals surface area contributed by atoms with Crippen LogP contribution in [0.15, 0.2) is 84.1 Å². The number of amides is 2. The number of hydrogen-bond donors (Lipinski definition) is 2. The number of aromatic nitrogens is 2. The Hall–Kier alpha value is -3.71. The average Bonchev–Trinajstić information content (AvgIpc) is 3.48. The van der Waals surface area contributed by atoms with Gasteiger partial charge in [0.15, 0.2) is 0 Å². The van der Waals surface area contributed by atoms with Crippen molar-refractivity contribution in [2.75, 3.05) is 5.32 Å². The Kier molecular flexibility index (Phi) is 6.01. The first-order chi connectivity index (χ1) is 14.7. The Bertz CT molecular complexity index is 1120. The summed E-state index contributed by atoms with van der Waals surface area (Å²) in [5, 5.41) is 9.36. The van der Waals surface area contributed by atoms with E-state index in [1.54, 1.807) is 48.2 Å². The molecule has 2 amide bonds. The molecule has 4 aromatic rings. The molecular weight excluding hydrogens is 396 g/mol. The molecule has 0 bridgehead atoms. The van der Waals surface area contributed by atoms with Crippen molar-refractivity contribution in [3.63, 3.8) is 0 Å². The molecule has 6 nitrogen and oxygen atoms in total. The molecule has 0 unspecified atom stereocenters. The molecule has 2 N–H and O–H groups in total. The van der Waals surface area contributed by atoms with Crippen LogP contribution in [0.25, 0.3) is 0 Å². The van der Waals surface area contributed by atoms with E-state index >= 15 is 0 Å². The van der Waals surface area contributed by atoms with Crippen molar-refractivity contribution >= 4 is 28.8 Å². The van der Waals surface area contributed by atoms with Crippen molar-refractivity contribution in [3.8, 4) is 0 Å². The molecule has 2 aromatic heterocycles. The maximum atomic E-state index is 12.7. The summed E-state index contributed by atoms with van der Waals surface area (Å²) in [6, 6.07) is 16.8. The molecule has 0 fully saturated rings. The molecule has 150 valence electrons. The molecule has 0 aliphatic heterocycles. The van der Waals surface area contributed by atoms with Crippen LogP contribution in [-0.2, 0) is 13.1 Å². The number of anilines is 1. The van der Waals surface area contributed by atoms with Gasteiger partial charge in [-0.25, -0.2) is 4.98 Å². The lowest BCUT2D eigenvalue weighted by Crippen LogP contribution is -2.24. The van der Waals surface area contributed by atoms with E-state index < -0.39 is 0 Å². The van der Waals surface area contributed by atoms with E-state index in [9.17, 15) is 9.59 Å². The molecule has 0 aliphatic carbocycles. The first kappa shape index (κ1) is 19.6. The van der Waals surface area contributed by atoms with E-state index in [0.717, 1.165) is 17.7 Å². The molecule has 0 saturated carbocycles. The Morgan fingerprint density at radius 3 is 2.50 bits per heavy atom. The van der Waals surface area contributed by atoms with E-state index in [4.69, 9.17) is 0 Å². The fourth-order valence-electron chi connectivity index (χ4n) is 3.01. The maximum Gasteiger partial charge on any atom is 0.256 e. The molecular formula is C23H20N4O2S. The fourth-order valence-corrected chi connectivity index (χ4v) is 3.65. The summed E-state index contributed by atoms with van der Waals surface area (Å²) in [7, 11) is 0. The smallest absolute Gasteiger partial charge is 0.256 e. The second-order valence-electron chi connectivity index (χ2n) is 6.75. The van der Waals surface area contributed by atoms with Crippen LogP contribution in [0.1, 0.15) is 31.8 Å². The molecule has 2 heterocycles. The number of imidazole rings is 1. The molecule has 30 heavy (non-hydrogen) atoms. The SMILES string of the molecule is O=C(Nc1ccccc1C(=O)NCc1ccc(Cn2ccnc2)cc1)c1ccsc1. The van der Waals surface area contributed by atoms with Gasteiger partial charge in [0.2, 0.25) is 0 Å². The Morgan fingerprint density at radius 1 is 0.967 bits per heavy atom. The number of para-hydroxylation sites is 1. The van der Waals surface area contributed by atoms with Crippen LogP contribution >= 0.6 is 11.3 Å². The average molecular weight is 417 g/mol. The van der Waals surface area contributed by atoms with Crippen LogP contribution in [0.2, 0.25) is 0 Å². The van der Waals surface area contributed by atoms with E-state index in [1.165, 1.54) is 11.3 Å². The van der Waals surface area contributed by atoms with Crippen molar-refractivity contribution in [2.24, 2.45) is 0 Å². The second kappa shape index (κ2) is 9.19. The lowest BCUT2D eigenvalue weighted by Gasteiger charge is -2.11. The highest BCUT2D eigenvalue weighted by atomic mass is 32.1. The number of benzene rings is 2. The van der Waals surface area contributed by atoms with Gasteiger partial charge in [-0.05, 0) is 34.7 Å². The van der Waals surface area contributed by atoms with Crippen LogP contribution in [-0.4, -0.2) is 21.4 Å². The lowest BCUT2D eigenvalue weighted by molar-refractivity contribution is 0.0952. The maximum absolute atomic E-state index is 12.7. The van der Waals surface area contributed by atoms with Crippen molar-refractivity contribution in [3.05, 3.63) is 106 Å². The summed E-state index contributed by atoms with van der Waals surface area (Å²) in [6.07, 6.45) is 5.45. The monoisotopic (exact) mass is 416 g/mol. The van der Waals surface area contributed by atoms with Crippen LogP contribution in [0.3, 0.4) is 0 Å². The number of carbonyl (C=O) groups is 2. The molecule has 0 radical (unpaired) electrons. The third-order valence-corrected chi connectivity index (χ3v) is 5.29. The van der Waals surface area contributed by atoms with Crippen molar-refractivity contribution < 1.29 is 9.59 Å². The zero-order valence-corrected chi connectivity index (χ0v) is 16.9. The third-order valence-electron chi connectivity index (χ3n) is 4.60. The highest BCUT2D eigenvalue weighted by Crippen LogP contribution is 2.17. The Morgan fingerprint density at radius 2 is 1.77 bits per heavy atom. The quantitative estimate of drug-likeness (QED) is 0.475. The highest BCUT2D eigenvalue weighted by Gasteiger charge is 2.14. The minimum atomic E-state index is -0.237. The summed E-state index contributed by atoms with van der Waals surface area (Å²) < 4.78 is 2.00. The van der Waals surface area contributed by atoms with Crippen molar-refractivity contribution in [1.29, 1.82) is 0 Å². The fraction of sp³-hybridized carbons (Fsp3) is 0.0870. The molecule has 0 aliphatic rings. The molecule has 7 heteroatoms. The van der Waals surface area contributed by atoms with Gasteiger partial charge in [-0.3, -0.25) is 9.59 Å². The Balaban J connectivity index is 1.38. The first-order valence-corrected chi connectivity index (χ1v) is 10.4. The lowest BCUT2D eigenvalue weighted by atomic mass is 10.1. The standard InChI is InChI=1S/C23H20N4O2S/c28-22(19-9-12-30-15-19)26-21-4-2-1-3-20(21)23(29)25-13-17-5-7-18(8-6-17)14-27-11-10-24-16-27/h1-12,15-16H,13-14H2,(H,25,29)(H,26,28). The van der Waals surface area contributed by atoms with Crippen molar-refractivity contribution in [1.82, 2.24) is 14.9 Å². The van der Waals surface area contributed by atoms with Gasteiger partial charge < -0.3 is 15.2 Å². The molecule has 0 saturated heterocycles. The topological polar surface area (TPSA) is 76.0 Å². The van der Waals surface area contributed by atoms with Gasteiger partial charge in [-0.2, -0.15) is 11.3 Å². The summed E-state index contributed by atoms with van der Waals surface area (Å²) in [5.74, 6) is -0.469. The number of nitrogens with one attached hydrogen (secondary N) is 2. The van der Waals surface area contributed by atoms with Gasteiger partial charge in [0.05, 0.1) is 23.1 Å². The molecule has 0 spiro atoms. The second-order valence-corrected chi connectivity index (χ2v) is 7.53. The molecule has 4 rings (SSSR count). The number of nitrogens with zero attached hydrogens (tertiary/aromatic N) is 2. The van der Waals surface area contributed by atoms with Gasteiger partial charge in [0.25, 0.3) is 11.8 Å². The number of hydrogen-bond acceptors (Lipinski definition) is 4. The predicted molar refractivity (Wildman–Crippen MR) is 118 cm³/mol. The van der Waals surface area contributed by atoms with Crippen LogP contribution in [0.5, 0.6) is 0 Å². The van der Waals surface area contributed by atoms with E-state index in [0.29, 0.717) is 23.4 Å². The highest BCUT2D eigenvalue weighted by molar-refractivity contribution is 7.08. The number of rotatable bonds is 7. The van der Waals surface area contributed by atoms with Crippen LogP contribution < -0.4 is 10.6 Å². The molecule has 2 aromatic carbocycles. The minimum Gasteiger partial charge on any atom is -0.348 e. The van der Waals surface area contributed by atoms with Gasteiger partial charge in [-0.1, -0.05) is 36.4 Å².